The summed E-state index contributed by atoms with van der Waals surface area (Å²) in [5.41, 5.74) is 1.01. The zero-order valence-corrected chi connectivity index (χ0v) is 14.1. The molecule has 18 heavy (non-hydrogen) atoms. The van der Waals surface area contributed by atoms with E-state index in [-0.39, 0.29) is 0 Å². The molecule has 0 amide bonds. The number of hydrogen-bond donors (Lipinski definition) is 0. The van der Waals surface area contributed by atoms with Gasteiger partial charge < -0.3 is 0 Å². The fraction of sp³-hybridized carbons (Fsp3) is 0.500. The largest absolute Gasteiger partial charge is 0.244 e. The molecule has 1 aliphatic heterocycles. The average molecular weight is 397 g/mol. The molecule has 0 aliphatic carbocycles. The Kier molecular flexibility index (Phi) is 4.52. The minimum Gasteiger partial charge on any atom is -0.207 e. The maximum absolute atomic E-state index is 12.5. The van der Waals surface area contributed by atoms with E-state index in [1.165, 1.54) is 0 Å². The Balaban J connectivity index is 2.43. The molecule has 2 rings (SSSR count). The fourth-order valence-corrected chi connectivity index (χ4v) is 5.23. The van der Waals surface area contributed by atoms with Crippen LogP contribution in [0.25, 0.3) is 0 Å². The summed E-state index contributed by atoms with van der Waals surface area (Å²) in [6, 6.07) is 3.52. The van der Waals surface area contributed by atoms with Crippen LogP contribution >= 0.6 is 31.9 Å². The van der Waals surface area contributed by atoms with Crippen LogP contribution in [0.2, 0.25) is 0 Å². The second-order valence-electron chi connectivity index (χ2n) is 4.50. The zero-order chi connectivity index (χ0) is 13.3. The molecule has 1 aliphatic rings. The van der Waals surface area contributed by atoms with Gasteiger partial charge in [-0.1, -0.05) is 22.4 Å². The molecule has 0 bridgehead atoms. The first-order valence-electron chi connectivity index (χ1n) is 5.89. The van der Waals surface area contributed by atoms with E-state index in [9.17, 15) is 8.42 Å². The van der Waals surface area contributed by atoms with Gasteiger partial charge in [0.05, 0.1) is 4.90 Å². The molecule has 1 heterocycles. The van der Waals surface area contributed by atoms with Gasteiger partial charge in [-0.2, -0.15) is 4.31 Å². The quantitative estimate of drug-likeness (QED) is 0.764. The van der Waals surface area contributed by atoms with Gasteiger partial charge in [0.15, 0.2) is 0 Å². The highest BCUT2D eigenvalue weighted by Gasteiger charge is 2.28. The van der Waals surface area contributed by atoms with E-state index >= 15 is 0 Å². The van der Waals surface area contributed by atoms with Crippen molar-refractivity contribution in [3.63, 3.8) is 0 Å². The SMILES string of the molecule is Cc1cc(Br)c(S(=O)(=O)N2CCCCC2)cc1Br. The number of hydrogen-bond acceptors (Lipinski definition) is 2. The van der Waals surface area contributed by atoms with E-state index in [4.69, 9.17) is 0 Å². The van der Waals surface area contributed by atoms with Crippen LogP contribution in [0, 0.1) is 6.92 Å². The molecule has 100 valence electrons. The summed E-state index contributed by atoms with van der Waals surface area (Å²) >= 11 is 6.75. The lowest BCUT2D eigenvalue weighted by Gasteiger charge is -2.26. The summed E-state index contributed by atoms with van der Waals surface area (Å²) < 4.78 is 28.1. The van der Waals surface area contributed by atoms with Crippen LogP contribution in [-0.2, 0) is 10.0 Å². The Morgan fingerprint density at radius 3 is 2.28 bits per heavy atom. The summed E-state index contributed by atoms with van der Waals surface area (Å²) in [5.74, 6) is 0. The number of sulfonamides is 1. The number of rotatable bonds is 2. The van der Waals surface area contributed by atoms with Crippen LogP contribution < -0.4 is 0 Å². The first-order chi connectivity index (χ1) is 8.43. The third kappa shape index (κ3) is 2.81. The Hall–Kier alpha value is 0.0900. The number of nitrogens with zero attached hydrogens (tertiary/aromatic N) is 1. The van der Waals surface area contributed by atoms with Gasteiger partial charge >= 0.3 is 0 Å². The van der Waals surface area contributed by atoms with Gasteiger partial charge in [0, 0.05) is 22.0 Å². The third-order valence-electron chi connectivity index (χ3n) is 3.15. The van der Waals surface area contributed by atoms with Crippen molar-refractivity contribution in [3.05, 3.63) is 26.6 Å². The van der Waals surface area contributed by atoms with Crippen molar-refractivity contribution >= 4 is 41.9 Å². The predicted molar refractivity (Wildman–Crippen MR) is 79.2 cm³/mol. The first-order valence-corrected chi connectivity index (χ1v) is 8.91. The summed E-state index contributed by atoms with van der Waals surface area (Å²) in [6.45, 7) is 3.19. The van der Waals surface area contributed by atoms with Gasteiger partial charge in [-0.15, -0.1) is 0 Å². The van der Waals surface area contributed by atoms with E-state index in [0.29, 0.717) is 22.5 Å². The van der Waals surface area contributed by atoms with Gasteiger partial charge in [-0.25, -0.2) is 8.42 Å². The van der Waals surface area contributed by atoms with Gasteiger partial charge in [0.25, 0.3) is 0 Å². The molecule has 0 atom stereocenters. The number of benzene rings is 1. The lowest BCUT2D eigenvalue weighted by molar-refractivity contribution is 0.346. The fourth-order valence-electron chi connectivity index (χ4n) is 2.07. The molecule has 3 nitrogen and oxygen atoms in total. The number of halogens is 2. The zero-order valence-electron chi connectivity index (χ0n) is 10.1. The topological polar surface area (TPSA) is 37.4 Å². The summed E-state index contributed by atoms with van der Waals surface area (Å²) in [7, 11) is -3.38. The van der Waals surface area contributed by atoms with E-state index in [2.05, 4.69) is 31.9 Å². The molecule has 0 saturated carbocycles. The molecular weight excluding hydrogens is 382 g/mol. The van der Waals surface area contributed by atoms with Crippen LogP contribution in [0.15, 0.2) is 26.0 Å². The highest BCUT2D eigenvalue weighted by molar-refractivity contribution is 9.11. The molecule has 0 unspecified atom stereocenters. The molecule has 1 aromatic rings. The van der Waals surface area contributed by atoms with E-state index in [1.807, 2.05) is 13.0 Å². The van der Waals surface area contributed by atoms with Crippen molar-refractivity contribution in [3.8, 4) is 0 Å². The maximum atomic E-state index is 12.5. The molecule has 0 spiro atoms. The van der Waals surface area contributed by atoms with Gasteiger partial charge in [0.2, 0.25) is 10.0 Å². The lowest BCUT2D eigenvalue weighted by Crippen LogP contribution is -2.35. The smallest absolute Gasteiger partial charge is 0.207 e. The van der Waals surface area contributed by atoms with Crippen molar-refractivity contribution in [2.24, 2.45) is 0 Å². The Labute approximate surface area is 125 Å². The molecule has 0 N–H and O–H groups in total. The monoisotopic (exact) mass is 395 g/mol. The molecule has 6 heteroatoms. The number of piperidine rings is 1. The summed E-state index contributed by atoms with van der Waals surface area (Å²) in [4.78, 5) is 0.349. The van der Waals surface area contributed by atoms with Crippen LogP contribution in [0.4, 0.5) is 0 Å². The van der Waals surface area contributed by atoms with Crippen molar-refractivity contribution in [2.45, 2.75) is 31.1 Å². The second-order valence-corrected chi connectivity index (χ2v) is 8.11. The standard InChI is InChI=1S/C12H15Br2NO2S/c1-9-7-11(14)12(8-10(9)13)18(16,17)15-5-3-2-4-6-15/h7-8H,2-6H2,1H3. The van der Waals surface area contributed by atoms with Crippen molar-refractivity contribution in [1.82, 2.24) is 4.31 Å². The van der Waals surface area contributed by atoms with Gasteiger partial charge in [0.1, 0.15) is 0 Å². The summed E-state index contributed by atoms with van der Waals surface area (Å²) in [5, 5.41) is 0. The van der Waals surface area contributed by atoms with Crippen LogP contribution in [0.3, 0.4) is 0 Å². The van der Waals surface area contributed by atoms with Gasteiger partial charge in [-0.05, 0) is 53.4 Å². The van der Waals surface area contributed by atoms with Crippen molar-refractivity contribution in [2.75, 3.05) is 13.1 Å². The molecule has 0 aromatic heterocycles. The Bertz CT molecular complexity index is 551. The Morgan fingerprint density at radius 2 is 1.67 bits per heavy atom. The van der Waals surface area contributed by atoms with Crippen LogP contribution in [0.1, 0.15) is 24.8 Å². The van der Waals surface area contributed by atoms with E-state index in [0.717, 1.165) is 29.3 Å². The number of aryl methyl sites for hydroxylation is 1. The van der Waals surface area contributed by atoms with E-state index in [1.54, 1.807) is 10.4 Å². The average Bonchev–Trinajstić information content (AvgIpc) is 2.34. The second kappa shape index (κ2) is 5.61. The first kappa shape index (κ1) is 14.5. The highest BCUT2D eigenvalue weighted by Crippen LogP contribution is 2.31. The lowest BCUT2D eigenvalue weighted by atomic mass is 10.2. The van der Waals surface area contributed by atoms with Crippen molar-refractivity contribution < 1.29 is 8.42 Å². The molecular formula is C12H15Br2NO2S. The molecule has 0 radical (unpaired) electrons. The molecule has 1 fully saturated rings. The summed E-state index contributed by atoms with van der Waals surface area (Å²) in [6.07, 6.45) is 3.01. The minimum atomic E-state index is -3.38. The molecule has 1 saturated heterocycles. The van der Waals surface area contributed by atoms with Crippen molar-refractivity contribution in [1.29, 1.82) is 0 Å². The minimum absolute atomic E-state index is 0.349. The Morgan fingerprint density at radius 1 is 1.06 bits per heavy atom. The van der Waals surface area contributed by atoms with Gasteiger partial charge in [-0.3, -0.25) is 0 Å². The van der Waals surface area contributed by atoms with Crippen LogP contribution in [0.5, 0.6) is 0 Å². The highest BCUT2D eigenvalue weighted by atomic mass is 79.9. The van der Waals surface area contributed by atoms with E-state index < -0.39 is 10.0 Å². The maximum Gasteiger partial charge on any atom is 0.244 e. The molecule has 1 aromatic carbocycles. The van der Waals surface area contributed by atoms with Crippen LogP contribution in [-0.4, -0.2) is 25.8 Å². The normalized spacial score (nSPS) is 17.9. The predicted octanol–water partition coefficient (Wildman–Crippen LogP) is 3.69. The third-order valence-corrected chi connectivity index (χ3v) is 6.86.